The maximum Gasteiger partial charge on any atom is 0.109 e. The number of rotatable bonds is 0. The van der Waals surface area contributed by atoms with Crippen molar-refractivity contribution in [2.24, 2.45) is 0 Å². The third-order valence-corrected chi connectivity index (χ3v) is 2.02. The number of aliphatic hydroxyl groups excluding tert-OH is 1. The molecule has 1 unspecified atom stereocenters. The van der Waals surface area contributed by atoms with Crippen LogP contribution in [0.5, 0.6) is 0 Å². The Morgan fingerprint density at radius 2 is 2.50 bits per heavy atom. The van der Waals surface area contributed by atoms with Gasteiger partial charge in [-0.05, 0) is 18.9 Å². The molecule has 0 spiro atoms. The molecule has 10 heavy (non-hydrogen) atoms. The molecular weight excluding hydrogens is 128 g/mol. The third kappa shape index (κ3) is 0.762. The molecule has 0 bridgehead atoms. The van der Waals surface area contributed by atoms with Crippen molar-refractivity contribution < 1.29 is 9.52 Å². The summed E-state index contributed by atoms with van der Waals surface area (Å²) in [5.41, 5.74) is 0.992. The van der Waals surface area contributed by atoms with E-state index in [4.69, 9.17) is 4.42 Å². The van der Waals surface area contributed by atoms with E-state index >= 15 is 0 Å². The fourth-order valence-electron chi connectivity index (χ4n) is 1.46. The second kappa shape index (κ2) is 2.13. The lowest BCUT2D eigenvalue weighted by atomic mass is 9.96. The fraction of sp³-hybridized carbons (Fsp3) is 0.500. The average Bonchev–Trinajstić information content (AvgIpc) is 2.36. The van der Waals surface area contributed by atoms with Crippen LogP contribution in [0.3, 0.4) is 0 Å². The summed E-state index contributed by atoms with van der Waals surface area (Å²) in [6, 6.07) is 1.86. The predicted molar refractivity (Wildman–Crippen MR) is 36.6 cm³/mol. The van der Waals surface area contributed by atoms with Crippen LogP contribution in [0.1, 0.15) is 30.3 Å². The summed E-state index contributed by atoms with van der Waals surface area (Å²) in [6.07, 6.45) is 4.29. The number of hydrogen-bond donors (Lipinski definition) is 1. The van der Waals surface area contributed by atoms with Crippen LogP contribution in [0.15, 0.2) is 16.7 Å². The smallest absolute Gasteiger partial charge is 0.109 e. The summed E-state index contributed by atoms with van der Waals surface area (Å²) in [6.45, 7) is 0. The zero-order valence-electron chi connectivity index (χ0n) is 5.71. The zero-order valence-corrected chi connectivity index (χ0v) is 5.71. The first kappa shape index (κ1) is 5.98. The first-order chi connectivity index (χ1) is 4.88. The number of hydrogen-bond acceptors (Lipinski definition) is 2. The molecule has 1 aliphatic rings. The van der Waals surface area contributed by atoms with Crippen molar-refractivity contribution in [1.29, 1.82) is 0 Å². The molecule has 2 heteroatoms. The number of furan rings is 1. The first-order valence-corrected chi connectivity index (χ1v) is 3.62. The molecular formula is C8H10O2. The standard InChI is InChI=1S/C8H10O2/c9-7-2-1-3-8-6(7)4-5-10-8/h4-5,7,9H,1-3H2. The Labute approximate surface area is 59.5 Å². The molecule has 0 saturated carbocycles. The summed E-state index contributed by atoms with van der Waals surface area (Å²) in [4.78, 5) is 0. The van der Waals surface area contributed by atoms with E-state index in [2.05, 4.69) is 0 Å². The van der Waals surface area contributed by atoms with E-state index in [-0.39, 0.29) is 6.10 Å². The van der Waals surface area contributed by atoms with Gasteiger partial charge in [0, 0.05) is 12.0 Å². The lowest BCUT2D eigenvalue weighted by Gasteiger charge is -2.15. The molecule has 2 rings (SSSR count). The van der Waals surface area contributed by atoms with Gasteiger partial charge < -0.3 is 9.52 Å². The Kier molecular flexibility index (Phi) is 1.27. The van der Waals surface area contributed by atoms with E-state index < -0.39 is 0 Å². The van der Waals surface area contributed by atoms with Gasteiger partial charge in [-0.2, -0.15) is 0 Å². The van der Waals surface area contributed by atoms with E-state index in [0.717, 1.165) is 30.6 Å². The normalized spacial score (nSPS) is 24.3. The molecule has 1 atom stereocenters. The van der Waals surface area contributed by atoms with Crippen LogP contribution < -0.4 is 0 Å². The van der Waals surface area contributed by atoms with Gasteiger partial charge in [0.1, 0.15) is 5.76 Å². The third-order valence-electron chi connectivity index (χ3n) is 2.02. The van der Waals surface area contributed by atoms with E-state index in [9.17, 15) is 5.11 Å². The van der Waals surface area contributed by atoms with Crippen LogP contribution >= 0.6 is 0 Å². The highest BCUT2D eigenvalue weighted by atomic mass is 16.3. The van der Waals surface area contributed by atoms with Gasteiger partial charge in [-0.1, -0.05) is 0 Å². The van der Waals surface area contributed by atoms with Crippen molar-refractivity contribution in [2.75, 3.05) is 0 Å². The second-order valence-corrected chi connectivity index (χ2v) is 2.71. The molecule has 1 aromatic rings. The molecule has 54 valence electrons. The minimum atomic E-state index is -0.275. The SMILES string of the molecule is OC1CCCc2occc21. The van der Waals surface area contributed by atoms with Crippen molar-refractivity contribution >= 4 is 0 Å². The summed E-state index contributed by atoms with van der Waals surface area (Å²) in [5.74, 6) is 0.971. The van der Waals surface area contributed by atoms with Crippen molar-refractivity contribution in [3.8, 4) is 0 Å². The maximum absolute atomic E-state index is 9.39. The van der Waals surface area contributed by atoms with Crippen molar-refractivity contribution in [3.05, 3.63) is 23.7 Å². The summed E-state index contributed by atoms with van der Waals surface area (Å²) in [5, 5.41) is 9.39. The fourth-order valence-corrected chi connectivity index (χ4v) is 1.46. The summed E-state index contributed by atoms with van der Waals surface area (Å²) >= 11 is 0. The second-order valence-electron chi connectivity index (χ2n) is 2.71. The van der Waals surface area contributed by atoms with Gasteiger partial charge in [0.2, 0.25) is 0 Å². The Morgan fingerprint density at radius 1 is 1.60 bits per heavy atom. The first-order valence-electron chi connectivity index (χ1n) is 3.62. The summed E-state index contributed by atoms with van der Waals surface area (Å²) < 4.78 is 5.17. The molecule has 1 N–H and O–H groups in total. The molecule has 0 saturated heterocycles. The molecule has 2 nitrogen and oxygen atoms in total. The van der Waals surface area contributed by atoms with E-state index in [1.165, 1.54) is 0 Å². The molecule has 0 fully saturated rings. The Morgan fingerprint density at radius 3 is 3.30 bits per heavy atom. The topological polar surface area (TPSA) is 33.4 Å². The van der Waals surface area contributed by atoms with E-state index in [0.29, 0.717) is 0 Å². The molecule has 0 amide bonds. The Hall–Kier alpha value is -0.760. The zero-order chi connectivity index (χ0) is 6.97. The molecule has 0 aliphatic heterocycles. The van der Waals surface area contributed by atoms with E-state index in [1.807, 2.05) is 6.07 Å². The lowest BCUT2D eigenvalue weighted by Crippen LogP contribution is -2.05. The molecule has 0 aromatic carbocycles. The molecule has 1 aromatic heterocycles. The van der Waals surface area contributed by atoms with Gasteiger partial charge in [0.15, 0.2) is 0 Å². The summed E-state index contributed by atoms with van der Waals surface area (Å²) in [7, 11) is 0. The van der Waals surface area contributed by atoms with Crippen LogP contribution in [-0.2, 0) is 6.42 Å². The average molecular weight is 138 g/mol. The van der Waals surface area contributed by atoms with Gasteiger partial charge in [-0.25, -0.2) is 0 Å². The van der Waals surface area contributed by atoms with Crippen LogP contribution in [0.2, 0.25) is 0 Å². The van der Waals surface area contributed by atoms with Crippen molar-refractivity contribution in [2.45, 2.75) is 25.4 Å². The maximum atomic E-state index is 9.39. The number of fused-ring (bicyclic) bond motifs is 1. The molecule has 0 radical (unpaired) electrons. The predicted octanol–water partition coefficient (Wildman–Crippen LogP) is 1.65. The van der Waals surface area contributed by atoms with Crippen LogP contribution in [0.25, 0.3) is 0 Å². The molecule has 1 heterocycles. The largest absolute Gasteiger partial charge is 0.469 e. The minimum absolute atomic E-state index is 0.275. The quantitative estimate of drug-likeness (QED) is 0.591. The van der Waals surface area contributed by atoms with Gasteiger partial charge in [0.05, 0.1) is 12.4 Å². The lowest BCUT2D eigenvalue weighted by molar-refractivity contribution is 0.152. The van der Waals surface area contributed by atoms with Gasteiger partial charge in [-0.15, -0.1) is 0 Å². The van der Waals surface area contributed by atoms with Crippen LogP contribution in [0.4, 0.5) is 0 Å². The number of aryl methyl sites for hydroxylation is 1. The van der Waals surface area contributed by atoms with E-state index in [1.54, 1.807) is 6.26 Å². The van der Waals surface area contributed by atoms with Crippen molar-refractivity contribution in [3.63, 3.8) is 0 Å². The Balaban J connectivity index is 2.41. The highest BCUT2D eigenvalue weighted by Crippen LogP contribution is 2.29. The van der Waals surface area contributed by atoms with Gasteiger partial charge in [-0.3, -0.25) is 0 Å². The monoisotopic (exact) mass is 138 g/mol. The van der Waals surface area contributed by atoms with Crippen molar-refractivity contribution in [1.82, 2.24) is 0 Å². The number of aliphatic hydroxyl groups is 1. The van der Waals surface area contributed by atoms with Crippen LogP contribution in [-0.4, -0.2) is 5.11 Å². The Bertz CT molecular complexity index is 227. The highest BCUT2D eigenvalue weighted by Gasteiger charge is 2.19. The van der Waals surface area contributed by atoms with Crippen LogP contribution in [0, 0.1) is 0 Å². The molecule has 1 aliphatic carbocycles. The highest BCUT2D eigenvalue weighted by molar-refractivity contribution is 5.22. The minimum Gasteiger partial charge on any atom is -0.469 e. The van der Waals surface area contributed by atoms with Gasteiger partial charge >= 0.3 is 0 Å². The van der Waals surface area contributed by atoms with Gasteiger partial charge in [0.25, 0.3) is 0 Å².